The number of hydrogen-bond donors (Lipinski definition) is 1. The number of nitrogens with zero attached hydrogens (tertiary/aromatic N) is 5. The van der Waals surface area contributed by atoms with E-state index in [2.05, 4.69) is 20.3 Å². The van der Waals surface area contributed by atoms with Crippen molar-refractivity contribution >= 4 is 17.8 Å². The second-order valence-electron chi connectivity index (χ2n) is 6.91. The number of amides is 1. The van der Waals surface area contributed by atoms with Crippen LogP contribution in [0.3, 0.4) is 0 Å². The average Bonchev–Trinajstić information content (AvgIpc) is 3.41. The molecule has 1 N–H and O–H groups in total. The van der Waals surface area contributed by atoms with E-state index in [1.807, 2.05) is 28.2 Å². The first kappa shape index (κ1) is 18.0. The summed E-state index contributed by atoms with van der Waals surface area (Å²) in [6, 6.07) is 6.14. The van der Waals surface area contributed by atoms with E-state index < -0.39 is 5.41 Å². The smallest absolute Gasteiger partial charge is 0.231 e. The Morgan fingerprint density at radius 1 is 1.04 bits per heavy atom. The number of benzene rings is 1. The van der Waals surface area contributed by atoms with E-state index >= 15 is 0 Å². The summed E-state index contributed by atoms with van der Waals surface area (Å²) in [7, 11) is 7.41. The first-order valence-corrected chi connectivity index (χ1v) is 8.46. The molecule has 0 aliphatic heterocycles. The van der Waals surface area contributed by atoms with Gasteiger partial charge < -0.3 is 15.1 Å². The molecule has 1 saturated carbocycles. The largest absolute Gasteiger partial charge is 0.348 e. The van der Waals surface area contributed by atoms with Crippen LogP contribution in [-0.2, 0) is 16.8 Å². The zero-order valence-corrected chi connectivity index (χ0v) is 15.5. The maximum absolute atomic E-state index is 13.1. The van der Waals surface area contributed by atoms with Crippen molar-refractivity contribution in [2.45, 2.75) is 24.8 Å². The van der Waals surface area contributed by atoms with Crippen molar-refractivity contribution in [1.29, 1.82) is 0 Å². The molecule has 0 radical (unpaired) electrons. The molecule has 1 aromatic heterocycles. The van der Waals surface area contributed by atoms with Gasteiger partial charge in [0.2, 0.25) is 17.8 Å². The zero-order chi connectivity index (χ0) is 18.9. The summed E-state index contributed by atoms with van der Waals surface area (Å²) in [6.45, 7) is 0.214. The van der Waals surface area contributed by atoms with E-state index in [0.717, 1.165) is 18.4 Å². The van der Waals surface area contributed by atoms with Gasteiger partial charge in [-0.25, -0.2) is 4.39 Å². The molecule has 26 heavy (non-hydrogen) atoms. The first-order valence-electron chi connectivity index (χ1n) is 8.46. The van der Waals surface area contributed by atoms with Crippen LogP contribution in [0, 0.1) is 5.82 Å². The van der Waals surface area contributed by atoms with E-state index in [0.29, 0.717) is 17.7 Å². The fraction of sp³-hybridized carbons (Fsp3) is 0.444. The molecule has 0 unspecified atom stereocenters. The monoisotopic (exact) mass is 358 g/mol. The van der Waals surface area contributed by atoms with Crippen molar-refractivity contribution < 1.29 is 9.18 Å². The van der Waals surface area contributed by atoms with Gasteiger partial charge in [0, 0.05) is 28.2 Å². The number of anilines is 2. The van der Waals surface area contributed by atoms with Crippen LogP contribution in [0.5, 0.6) is 0 Å². The van der Waals surface area contributed by atoms with Gasteiger partial charge in [-0.3, -0.25) is 4.79 Å². The number of halogens is 1. The molecule has 2 aromatic rings. The molecule has 7 nitrogen and oxygen atoms in total. The normalized spacial score (nSPS) is 14.7. The number of carbonyl (C=O) groups is 1. The van der Waals surface area contributed by atoms with Crippen molar-refractivity contribution in [2.24, 2.45) is 0 Å². The quantitative estimate of drug-likeness (QED) is 0.843. The lowest BCUT2D eigenvalue weighted by Gasteiger charge is -2.18. The molecule has 8 heteroatoms. The summed E-state index contributed by atoms with van der Waals surface area (Å²) >= 11 is 0. The van der Waals surface area contributed by atoms with Crippen molar-refractivity contribution in [2.75, 3.05) is 38.0 Å². The van der Waals surface area contributed by atoms with Gasteiger partial charge in [0.15, 0.2) is 5.82 Å². The molecule has 1 aliphatic rings. The topological polar surface area (TPSA) is 74.2 Å². The van der Waals surface area contributed by atoms with Crippen LogP contribution in [-0.4, -0.2) is 49.0 Å². The molecule has 1 fully saturated rings. The van der Waals surface area contributed by atoms with Gasteiger partial charge in [-0.2, -0.15) is 15.0 Å². The van der Waals surface area contributed by atoms with Crippen molar-refractivity contribution in [3.8, 4) is 0 Å². The number of rotatable bonds is 6. The van der Waals surface area contributed by atoms with Crippen molar-refractivity contribution in [3.63, 3.8) is 0 Å². The molecule has 1 heterocycles. The van der Waals surface area contributed by atoms with E-state index in [4.69, 9.17) is 0 Å². The molecule has 1 aromatic carbocycles. The van der Waals surface area contributed by atoms with Crippen molar-refractivity contribution in [3.05, 3.63) is 41.5 Å². The summed E-state index contributed by atoms with van der Waals surface area (Å²) in [5.74, 6) is 1.18. The molecular weight excluding hydrogens is 335 g/mol. The van der Waals surface area contributed by atoms with Gasteiger partial charge >= 0.3 is 0 Å². The maximum Gasteiger partial charge on any atom is 0.231 e. The minimum Gasteiger partial charge on any atom is -0.348 e. The fourth-order valence-corrected chi connectivity index (χ4v) is 2.74. The lowest BCUT2D eigenvalue weighted by molar-refractivity contribution is -0.123. The minimum atomic E-state index is -0.560. The third-order valence-electron chi connectivity index (χ3n) is 4.45. The molecule has 3 rings (SSSR count). The van der Waals surface area contributed by atoms with Gasteiger partial charge in [-0.15, -0.1) is 0 Å². The Hall–Kier alpha value is -2.77. The Balaban J connectivity index is 1.74. The maximum atomic E-state index is 13.1. The molecule has 1 aliphatic carbocycles. The summed E-state index contributed by atoms with van der Waals surface area (Å²) in [4.78, 5) is 29.4. The van der Waals surface area contributed by atoms with E-state index in [9.17, 15) is 9.18 Å². The van der Waals surface area contributed by atoms with Crippen LogP contribution in [0.1, 0.15) is 24.2 Å². The average molecular weight is 358 g/mol. The van der Waals surface area contributed by atoms with E-state index in [1.165, 1.54) is 12.1 Å². The summed E-state index contributed by atoms with van der Waals surface area (Å²) in [5.41, 5.74) is 0.283. The Labute approximate surface area is 152 Å². The van der Waals surface area contributed by atoms with Gasteiger partial charge in [0.25, 0.3) is 0 Å². The molecular formula is C18H23FN6O. The highest BCUT2D eigenvalue weighted by Gasteiger charge is 2.51. The van der Waals surface area contributed by atoms with Gasteiger partial charge in [-0.1, -0.05) is 12.1 Å². The molecule has 0 spiro atoms. The number of hydrogen-bond acceptors (Lipinski definition) is 6. The number of nitrogens with one attached hydrogen (secondary N) is 1. The fourth-order valence-electron chi connectivity index (χ4n) is 2.74. The van der Waals surface area contributed by atoms with Crippen LogP contribution in [0.25, 0.3) is 0 Å². The Morgan fingerprint density at radius 2 is 1.58 bits per heavy atom. The Morgan fingerprint density at radius 3 is 2.04 bits per heavy atom. The molecule has 0 saturated heterocycles. The third-order valence-corrected chi connectivity index (χ3v) is 4.45. The lowest BCUT2D eigenvalue weighted by atomic mass is 9.95. The lowest BCUT2D eigenvalue weighted by Crippen LogP contribution is -2.35. The highest BCUT2D eigenvalue weighted by Crippen LogP contribution is 2.48. The predicted octanol–water partition coefficient (Wildman–Crippen LogP) is 1.49. The molecule has 0 atom stereocenters. The van der Waals surface area contributed by atoms with Crippen LogP contribution in [0.15, 0.2) is 24.3 Å². The van der Waals surface area contributed by atoms with Crippen LogP contribution in [0.4, 0.5) is 16.3 Å². The SMILES string of the molecule is CN(C)c1nc(CNC(=O)C2(c3ccc(F)cc3)CC2)nc(N(C)C)n1. The number of carbonyl (C=O) groups excluding carboxylic acids is 1. The molecule has 138 valence electrons. The van der Waals surface area contributed by atoms with E-state index in [1.54, 1.807) is 21.9 Å². The van der Waals surface area contributed by atoms with Crippen LogP contribution < -0.4 is 15.1 Å². The highest BCUT2D eigenvalue weighted by molar-refractivity contribution is 5.91. The zero-order valence-electron chi connectivity index (χ0n) is 15.5. The predicted molar refractivity (Wildman–Crippen MR) is 97.6 cm³/mol. The molecule has 0 bridgehead atoms. The van der Waals surface area contributed by atoms with Crippen LogP contribution in [0.2, 0.25) is 0 Å². The Kier molecular flexibility index (Phi) is 4.76. The Bertz CT molecular complexity index is 776. The second-order valence-corrected chi connectivity index (χ2v) is 6.91. The van der Waals surface area contributed by atoms with Crippen molar-refractivity contribution in [1.82, 2.24) is 20.3 Å². The summed E-state index contributed by atoms with van der Waals surface area (Å²) in [5, 5.41) is 2.92. The van der Waals surface area contributed by atoms with Gasteiger partial charge in [0.05, 0.1) is 12.0 Å². The second kappa shape index (κ2) is 6.86. The summed E-state index contributed by atoms with van der Waals surface area (Å²) < 4.78 is 13.1. The van der Waals surface area contributed by atoms with Gasteiger partial charge in [0.1, 0.15) is 5.82 Å². The van der Waals surface area contributed by atoms with Crippen LogP contribution >= 0.6 is 0 Å². The molecule has 1 amide bonds. The highest BCUT2D eigenvalue weighted by atomic mass is 19.1. The summed E-state index contributed by atoms with van der Waals surface area (Å²) in [6.07, 6.45) is 1.52. The van der Waals surface area contributed by atoms with E-state index in [-0.39, 0.29) is 18.3 Å². The first-order chi connectivity index (χ1) is 12.3. The van der Waals surface area contributed by atoms with Gasteiger partial charge in [-0.05, 0) is 30.5 Å². The minimum absolute atomic E-state index is 0.0812. The number of aromatic nitrogens is 3. The third kappa shape index (κ3) is 3.58. The standard InChI is InChI=1S/C18H23FN6O/c1-24(2)16-21-14(22-17(23-16)25(3)4)11-20-15(26)18(9-10-18)12-5-7-13(19)8-6-12/h5-8H,9-11H2,1-4H3,(H,20,26).